The molecular formula is C18H18N4O2. The smallest absolute Gasteiger partial charge is 0.253 e. The molecule has 6 heteroatoms. The summed E-state index contributed by atoms with van der Waals surface area (Å²) in [6.45, 7) is 1.38. The van der Waals surface area contributed by atoms with Crippen molar-refractivity contribution < 1.29 is 9.53 Å². The van der Waals surface area contributed by atoms with E-state index < -0.39 is 0 Å². The van der Waals surface area contributed by atoms with E-state index in [1.54, 1.807) is 18.6 Å². The first-order valence-corrected chi connectivity index (χ1v) is 8.09. The molecule has 6 nitrogen and oxygen atoms in total. The lowest BCUT2D eigenvalue weighted by Gasteiger charge is -2.32. The molecule has 3 heterocycles. The summed E-state index contributed by atoms with van der Waals surface area (Å²) in [5.41, 5.74) is 1.78. The van der Waals surface area contributed by atoms with Crippen LogP contribution in [-0.4, -0.2) is 45.0 Å². The normalized spacial score (nSPS) is 15.6. The number of rotatable bonds is 3. The highest BCUT2D eigenvalue weighted by atomic mass is 16.5. The predicted molar refractivity (Wildman–Crippen MR) is 89.9 cm³/mol. The molecule has 0 aliphatic carbocycles. The molecular weight excluding hydrogens is 304 g/mol. The molecule has 4 rings (SSSR count). The Morgan fingerprint density at radius 1 is 1.21 bits per heavy atom. The van der Waals surface area contributed by atoms with Gasteiger partial charge in [-0.1, -0.05) is 0 Å². The number of likely N-dealkylation sites (tertiary alicyclic amines) is 1. The fourth-order valence-corrected chi connectivity index (χ4v) is 3.06. The Bertz CT molecular complexity index is 838. The second kappa shape index (κ2) is 6.31. The van der Waals surface area contributed by atoms with Gasteiger partial charge in [0.05, 0.1) is 6.20 Å². The standard InChI is InChI=1S/C18H18N4O2/c23-18(14-1-2-16-13(11-14)3-6-20-16)22-9-4-15(5-10-22)24-17-12-19-7-8-21-17/h1-3,6-8,11-12,15,20H,4-5,9-10H2. The van der Waals surface area contributed by atoms with Crippen LogP contribution in [0.15, 0.2) is 49.1 Å². The van der Waals surface area contributed by atoms with Gasteiger partial charge in [-0.15, -0.1) is 0 Å². The molecule has 0 radical (unpaired) electrons. The minimum atomic E-state index is 0.0797. The van der Waals surface area contributed by atoms with Gasteiger partial charge in [0.15, 0.2) is 0 Å². The van der Waals surface area contributed by atoms with Crippen molar-refractivity contribution in [2.24, 2.45) is 0 Å². The highest BCUT2D eigenvalue weighted by molar-refractivity contribution is 5.98. The van der Waals surface area contributed by atoms with Crippen LogP contribution in [0.1, 0.15) is 23.2 Å². The van der Waals surface area contributed by atoms with E-state index >= 15 is 0 Å². The molecule has 122 valence electrons. The molecule has 1 fully saturated rings. The number of piperidine rings is 1. The Balaban J connectivity index is 1.39. The zero-order valence-corrected chi connectivity index (χ0v) is 13.2. The molecule has 1 saturated heterocycles. The number of fused-ring (bicyclic) bond motifs is 1. The summed E-state index contributed by atoms with van der Waals surface area (Å²) >= 11 is 0. The van der Waals surface area contributed by atoms with E-state index in [1.807, 2.05) is 35.4 Å². The van der Waals surface area contributed by atoms with Crippen LogP contribution in [0, 0.1) is 0 Å². The molecule has 1 aromatic carbocycles. The number of hydrogen-bond donors (Lipinski definition) is 1. The Labute approximate surface area is 139 Å². The molecule has 1 aliphatic heterocycles. The number of hydrogen-bond acceptors (Lipinski definition) is 4. The molecule has 1 aliphatic rings. The number of carbonyl (C=O) groups excluding carboxylic acids is 1. The van der Waals surface area contributed by atoms with Crippen molar-refractivity contribution in [2.75, 3.05) is 13.1 Å². The maximum absolute atomic E-state index is 12.7. The van der Waals surface area contributed by atoms with Crippen molar-refractivity contribution in [1.82, 2.24) is 19.9 Å². The first kappa shape index (κ1) is 14.7. The van der Waals surface area contributed by atoms with Gasteiger partial charge in [0, 0.05) is 61.0 Å². The fourth-order valence-electron chi connectivity index (χ4n) is 3.06. The molecule has 0 bridgehead atoms. The molecule has 24 heavy (non-hydrogen) atoms. The summed E-state index contributed by atoms with van der Waals surface area (Å²) in [6, 6.07) is 7.75. The molecule has 0 unspecified atom stereocenters. The number of carbonyl (C=O) groups is 1. The second-order valence-electron chi connectivity index (χ2n) is 5.93. The van der Waals surface area contributed by atoms with Crippen LogP contribution in [0.5, 0.6) is 5.88 Å². The van der Waals surface area contributed by atoms with Crippen molar-refractivity contribution >= 4 is 16.8 Å². The van der Waals surface area contributed by atoms with Crippen LogP contribution in [0.3, 0.4) is 0 Å². The third-order valence-corrected chi connectivity index (χ3v) is 4.36. The van der Waals surface area contributed by atoms with Crippen LogP contribution < -0.4 is 4.74 Å². The summed E-state index contributed by atoms with van der Waals surface area (Å²) in [5.74, 6) is 0.622. The minimum Gasteiger partial charge on any atom is -0.473 e. The van der Waals surface area contributed by atoms with E-state index in [-0.39, 0.29) is 12.0 Å². The van der Waals surface area contributed by atoms with Crippen LogP contribution in [0.2, 0.25) is 0 Å². The molecule has 2 aromatic heterocycles. The number of aromatic nitrogens is 3. The number of ether oxygens (including phenoxy) is 1. The van der Waals surface area contributed by atoms with Gasteiger partial charge in [0.25, 0.3) is 5.91 Å². The number of aromatic amines is 1. The van der Waals surface area contributed by atoms with Gasteiger partial charge in [0.2, 0.25) is 5.88 Å². The average molecular weight is 322 g/mol. The highest BCUT2D eigenvalue weighted by Crippen LogP contribution is 2.20. The third kappa shape index (κ3) is 2.95. The first-order chi connectivity index (χ1) is 11.8. The summed E-state index contributed by atoms with van der Waals surface area (Å²) < 4.78 is 5.82. The lowest BCUT2D eigenvalue weighted by atomic mass is 10.1. The van der Waals surface area contributed by atoms with E-state index in [0.29, 0.717) is 19.0 Å². The topological polar surface area (TPSA) is 71.1 Å². The highest BCUT2D eigenvalue weighted by Gasteiger charge is 2.25. The van der Waals surface area contributed by atoms with Crippen LogP contribution >= 0.6 is 0 Å². The van der Waals surface area contributed by atoms with E-state index in [1.165, 1.54) is 0 Å². The van der Waals surface area contributed by atoms with Gasteiger partial charge in [-0.05, 0) is 24.3 Å². The first-order valence-electron chi connectivity index (χ1n) is 8.09. The van der Waals surface area contributed by atoms with E-state index in [4.69, 9.17) is 4.74 Å². The molecule has 1 N–H and O–H groups in total. The number of H-pyrrole nitrogens is 1. The zero-order chi connectivity index (χ0) is 16.4. The maximum Gasteiger partial charge on any atom is 0.253 e. The molecule has 3 aromatic rings. The van der Waals surface area contributed by atoms with E-state index in [9.17, 15) is 4.79 Å². The average Bonchev–Trinajstić information content (AvgIpc) is 3.10. The maximum atomic E-state index is 12.7. The number of nitrogens with one attached hydrogen (secondary N) is 1. The molecule has 0 saturated carbocycles. The summed E-state index contributed by atoms with van der Waals surface area (Å²) in [5, 5.41) is 1.06. The zero-order valence-electron chi connectivity index (χ0n) is 13.2. The van der Waals surface area contributed by atoms with Crippen molar-refractivity contribution in [3.63, 3.8) is 0 Å². The Hall–Kier alpha value is -2.89. The Morgan fingerprint density at radius 3 is 2.88 bits per heavy atom. The number of benzene rings is 1. The largest absolute Gasteiger partial charge is 0.473 e. The quantitative estimate of drug-likeness (QED) is 0.805. The van der Waals surface area contributed by atoms with Gasteiger partial charge in [-0.3, -0.25) is 9.78 Å². The van der Waals surface area contributed by atoms with Crippen LogP contribution in [0.25, 0.3) is 10.9 Å². The second-order valence-corrected chi connectivity index (χ2v) is 5.93. The summed E-state index contributed by atoms with van der Waals surface area (Å²) in [7, 11) is 0. The molecule has 0 spiro atoms. The predicted octanol–water partition coefficient (Wildman–Crippen LogP) is 2.64. The van der Waals surface area contributed by atoms with E-state index in [0.717, 1.165) is 29.3 Å². The van der Waals surface area contributed by atoms with Crippen molar-refractivity contribution in [2.45, 2.75) is 18.9 Å². The fraction of sp³-hybridized carbons (Fsp3) is 0.278. The lowest BCUT2D eigenvalue weighted by molar-refractivity contribution is 0.0587. The van der Waals surface area contributed by atoms with Gasteiger partial charge < -0.3 is 14.6 Å². The lowest BCUT2D eigenvalue weighted by Crippen LogP contribution is -2.41. The minimum absolute atomic E-state index is 0.0797. The summed E-state index contributed by atoms with van der Waals surface area (Å²) in [6.07, 6.45) is 8.42. The van der Waals surface area contributed by atoms with Crippen LogP contribution in [0.4, 0.5) is 0 Å². The third-order valence-electron chi connectivity index (χ3n) is 4.36. The number of amides is 1. The molecule has 0 atom stereocenters. The van der Waals surface area contributed by atoms with Gasteiger partial charge in [-0.25, -0.2) is 4.98 Å². The Kier molecular flexibility index (Phi) is 3.86. The van der Waals surface area contributed by atoms with Crippen molar-refractivity contribution in [3.05, 3.63) is 54.6 Å². The Morgan fingerprint density at radius 2 is 2.08 bits per heavy atom. The van der Waals surface area contributed by atoms with Gasteiger partial charge in [0.1, 0.15) is 6.10 Å². The van der Waals surface area contributed by atoms with Gasteiger partial charge >= 0.3 is 0 Å². The molecule has 1 amide bonds. The van der Waals surface area contributed by atoms with Crippen molar-refractivity contribution in [3.8, 4) is 5.88 Å². The van der Waals surface area contributed by atoms with Gasteiger partial charge in [-0.2, -0.15) is 0 Å². The van der Waals surface area contributed by atoms with Crippen molar-refractivity contribution in [1.29, 1.82) is 0 Å². The SMILES string of the molecule is O=C(c1ccc2[nH]ccc2c1)N1CCC(Oc2cnccn2)CC1. The monoisotopic (exact) mass is 322 g/mol. The summed E-state index contributed by atoms with van der Waals surface area (Å²) in [4.78, 5) is 25.8. The van der Waals surface area contributed by atoms with Crippen LogP contribution in [-0.2, 0) is 0 Å². The van der Waals surface area contributed by atoms with E-state index in [2.05, 4.69) is 15.0 Å². The number of nitrogens with zero attached hydrogens (tertiary/aromatic N) is 3.